The topological polar surface area (TPSA) is 64.3 Å². The first-order valence-electron chi connectivity index (χ1n) is 4.78. The second kappa shape index (κ2) is 8.52. The van der Waals surface area contributed by atoms with E-state index in [-0.39, 0.29) is 24.9 Å². The van der Waals surface area contributed by atoms with Crippen molar-refractivity contribution in [3.8, 4) is 0 Å². The zero-order chi connectivity index (χ0) is 11.1. The third-order valence-electron chi connectivity index (χ3n) is 1.93. The lowest BCUT2D eigenvalue weighted by molar-refractivity contribution is -0.123. The number of nitrogens with two attached hydrogens (primary N) is 1. The van der Waals surface area contributed by atoms with E-state index in [1.54, 1.807) is 11.3 Å². The van der Waals surface area contributed by atoms with Gasteiger partial charge < -0.3 is 15.8 Å². The molecule has 1 aromatic rings. The Kier molecular flexibility index (Phi) is 8.19. The second-order valence-corrected chi connectivity index (χ2v) is 4.21. The molecule has 1 heterocycles. The van der Waals surface area contributed by atoms with Crippen molar-refractivity contribution in [3.05, 3.63) is 22.4 Å². The van der Waals surface area contributed by atoms with Crippen molar-refractivity contribution in [1.82, 2.24) is 5.32 Å². The van der Waals surface area contributed by atoms with Gasteiger partial charge in [-0.1, -0.05) is 6.07 Å². The summed E-state index contributed by atoms with van der Waals surface area (Å²) in [4.78, 5) is 12.6. The molecule has 1 unspecified atom stereocenters. The summed E-state index contributed by atoms with van der Waals surface area (Å²) < 4.78 is 4.79. The molecule has 0 saturated heterocycles. The number of hydrogen-bond donors (Lipinski definition) is 2. The summed E-state index contributed by atoms with van der Waals surface area (Å²) in [7, 11) is 1.53. The summed E-state index contributed by atoms with van der Waals surface area (Å²) in [6.45, 7) is 0.877. The van der Waals surface area contributed by atoms with E-state index >= 15 is 0 Å². The van der Waals surface area contributed by atoms with E-state index in [1.807, 2.05) is 17.5 Å². The first-order valence-corrected chi connectivity index (χ1v) is 5.66. The molecule has 0 aliphatic carbocycles. The zero-order valence-electron chi connectivity index (χ0n) is 9.14. The largest absolute Gasteiger partial charge is 0.383 e. The van der Waals surface area contributed by atoms with Crippen LogP contribution in [0.4, 0.5) is 0 Å². The first-order chi connectivity index (χ1) is 7.24. The maximum absolute atomic E-state index is 11.3. The normalized spacial score (nSPS) is 11.6. The lowest BCUT2D eigenvalue weighted by Crippen LogP contribution is -2.44. The molecule has 0 aliphatic heterocycles. The number of hydrogen-bond acceptors (Lipinski definition) is 4. The van der Waals surface area contributed by atoms with Gasteiger partial charge in [0.2, 0.25) is 5.91 Å². The van der Waals surface area contributed by atoms with Crippen LogP contribution in [0.5, 0.6) is 0 Å². The smallest absolute Gasteiger partial charge is 0.239 e. The minimum atomic E-state index is -0.571. The van der Waals surface area contributed by atoms with Gasteiger partial charge in [0.25, 0.3) is 0 Å². The molecule has 0 bridgehead atoms. The number of thiophene rings is 1. The summed E-state index contributed by atoms with van der Waals surface area (Å²) in [6.07, 6.45) is 0.850. The molecular weight excluding hydrogens is 248 g/mol. The highest BCUT2D eigenvalue weighted by Gasteiger charge is 2.11. The summed E-state index contributed by atoms with van der Waals surface area (Å²) >= 11 is 1.69. The molecule has 92 valence electrons. The standard InChI is InChI=1S/C10H16N2O2S.ClH/c1-14-7-9(11)10(13)12-5-4-8-3-2-6-15-8;/h2-3,6,9H,4-5,7,11H2,1H3,(H,12,13);1H. The minimum Gasteiger partial charge on any atom is -0.383 e. The van der Waals surface area contributed by atoms with Crippen LogP contribution < -0.4 is 11.1 Å². The van der Waals surface area contributed by atoms with Gasteiger partial charge in [0.1, 0.15) is 6.04 Å². The molecule has 0 radical (unpaired) electrons. The molecule has 16 heavy (non-hydrogen) atoms. The van der Waals surface area contributed by atoms with E-state index < -0.39 is 6.04 Å². The molecule has 0 spiro atoms. The quantitative estimate of drug-likeness (QED) is 0.799. The molecule has 0 aromatic carbocycles. The molecule has 0 saturated carbocycles. The maximum Gasteiger partial charge on any atom is 0.239 e. The van der Waals surface area contributed by atoms with Gasteiger partial charge in [-0.2, -0.15) is 0 Å². The Morgan fingerprint density at radius 3 is 3.00 bits per heavy atom. The van der Waals surface area contributed by atoms with Crippen LogP contribution in [-0.4, -0.2) is 32.2 Å². The minimum absolute atomic E-state index is 0. The monoisotopic (exact) mass is 264 g/mol. The number of nitrogens with one attached hydrogen (secondary N) is 1. The third kappa shape index (κ3) is 5.46. The molecule has 1 amide bonds. The lowest BCUT2D eigenvalue weighted by Gasteiger charge is -2.10. The summed E-state index contributed by atoms with van der Waals surface area (Å²) in [5, 5.41) is 4.79. The molecule has 1 rings (SSSR count). The van der Waals surface area contributed by atoms with Gasteiger partial charge in [-0.15, -0.1) is 23.7 Å². The number of carbonyl (C=O) groups excluding carboxylic acids is 1. The SMILES string of the molecule is COCC(N)C(=O)NCCc1cccs1.Cl. The predicted octanol–water partition coefficient (Wildman–Crippen LogP) is 0.802. The van der Waals surface area contributed by atoms with Gasteiger partial charge in [0.15, 0.2) is 0 Å². The Balaban J connectivity index is 0.00000225. The van der Waals surface area contributed by atoms with Gasteiger partial charge in [-0.25, -0.2) is 0 Å². The third-order valence-corrected chi connectivity index (χ3v) is 2.87. The maximum atomic E-state index is 11.3. The number of carbonyl (C=O) groups is 1. The van der Waals surface area contributed by atoms with Crippen molar-refractivity contribution >= 4 is 29.7 Å². The van der Waals surface area contributed by atoms with E-state index in [9.17, 15) is 4.79 Å². The Bertz CT molecular complexity index is 293. The van der Waals surface area contributed by atoms with E-state index in [1.165, 1.54) is 12.0 Å². The van der Waals surface area contributed by atoms with Crippen LogP contribution >= 0.6 is 23.7 Å². The van der Waals surface area contributed by atoms with Crippen molar-refractivity contribution in [2.45, 2.75) is 12.5 Å². The average molecular weight is 265 g/mol. The molecule has 1 aromatic heterocycles. The van der Waals surface area contributed by atoms with Crippen molar-refractivity contribution in [3.63, 3.8) is 0 Å². The fourth-order valence-electron chi connectivity index (χ4n) is 1.15. The van der Waals surface area contributed by atoms with E-state index in [2.05, 4.69) is 5.32 Å². The lowest BCUT2D eigenvalue weighted by atomic mass is 10.3. The van der Waals surface area contributed by atoms with Gasteiger partial charge in [-0.05, 0) is 17.9 Å². The second-order valence-electron chi connectivity index (χ2n) is 3.18. The number of ether oxygens (including phenoxy) is 1. The highest BCUT2D eigenvalue weighted by Crippen LogP contribution is 2.07. The fraction of sp³-hybridized carbons (Fsp3) is 0.500. The fourth-order valence-corrected chi connectivity index (χ4v) is 1.86. The van der Waals surface area contributed by atoms with E-state index in [4.69, 9.17) is 10.5 Å². The van der Waals surface area contributed by atoms with Crippen LogP contribution in [0.2, 0.25) is 0 Å². The molecule has 6 heteroatoms. The van der Waals surface area contributed by atoms with Crippen LogP contribution in [-0.2, 0) is 16.0 Å². The van der Waals surface area contributed by atoms with Crippen molar-refractivity contribution in [1.29, 1.82) is 0 Å². The first kappa shape index (κ1) is 15.4. The molecule has 1 atom stereocenters. The van der Waals surface area contributed by atoms with Crippen LogP contribution in [0, 0.1) is 0 Å². The Hall–Kier alpha value is -0.620. The Morgan fingerprint density at radius 1 is 1.69 bits per heavy atom. The molecular formula is C10H17ClN2O2S. The van der Waals surface area contributed by atoms with Crippen molar-refractivity contribution in [2.24, 2.45) is 5.73 Å². The van der Waals surface area contributed by atoms with Crippen LogP contribution in [0.1, 0.15) is 4.88 Å². The van der Waals surface area contributed by atoms with E-state index in [0.717, 1.165) is 6.42 Å². The molecule has 4 nitrogen and oxygen atoms in total. The molecule has 0 aliphatic rings. The van der Waals surface area contributed by atoms with Gasteiger partial charge >= 0.3 is 0 Å². The van der Waals surface area contributed by atoms with Crippen molar-refractivity contribution in [2.75, 3.05) is 20.3 Å². The van der Waals surface area contributed by atoms with Crippen LogP contribution in [0.15, 0.2) is 17.5 Å². The highest BCUT2D eigenvalue weighted by molar-refractivity contribution is 7.09. The number of amides is 1. The van der Waals surface area contributed by atoms with E-state index in [0.29, 0.717) is 6.54 Å². The zero-order valence-corrected chi connectivity index (χ0v) is 10.8. The average Bonchev–Trinajstić information content (AvgIpc) is 2.71. The van der Waals surface area contributed by atoms with Crippen LogP contribution in [0.3, 0.4) is 0 Å². The highest BCUT2D eigenvalue weighted by atomic mass is 35.5. The van der Waals surface area contributed by atoms with Gasteiger partial charge in [-0.3, -0.25) is 4.79 Å². The molecule has 3 N–H and O–H groups in total. The van der Waals surface area contributed by atoms with Crippen molar-refractivity contribution < 1.29 is 9.53 Å². The summed E-state index contributed by atoms with van der Waals surface area (Å²) in [5.41, 5.74) is 5.55. The van der Waals surface area contributed by atoms with Crippen LogP contribution in [0.25, 0.3) is 0 Å². The van der Waals surface area contributed by atoms with Gasteiger partial charge in [0, 0.05) is 18.5 Å². The number of methoxy groups -OCH3 is 1. The van der Waals surface area contributed by atoms with Gasteiger partial charge in [0.05, 0.1) is 6.61 Å². The number of rotatable bonds is 6. The molecule has 0 fully saturated rings. The predicted molar refractivity (Wildman–Crippen MR) is 68.1 cm³/mol. The Labute approximate surface area is 106 Å². The summed E-state index contributed by atoms with van der Waals surface area (Å²) in [5.74, 6) is -0.159. The number of halogens is 1. The summed E-state index contributed by atoms with van der Waals surface area (Å²) in [6, 6.07) is 3.48. The Morgan fingerprint density at radius 2 is 2.44 bits per heavy atom.